The zero-order valence-electron chi connectivity index (χ0n) is 17.2. The molecule has 1 aliphatic rings. The van der Waals surface area contributed by atoms with Crippen LogP contribution >= 0.6 is 11.6 Å². The summed E-state index contributed by atoms with van der Waals surface area (Å²) in [6.07, 6.45) is -4.98. The van der Waals surface area contributed by atoms with Gasteiger partial charge in [-0.05, 0) is 30.9 Å². The van der Waals surface area contributed by atoms with Gasteiger partial charge in [0.25, 0.3) is 0 Å². The summed E-state index contributed by atoms with van der Waals surface area (Å²) < 4.78 is 72.4. The van der Waals surface area contributed by atoms with Gasteiger partial charge in [-0.2, -0.15) is 13.2 Å². The molecule has 0 radical (unpaired) electrons. The maximum Gasteiger partial charge on any atom is 0.419 e. The Kier molecular flexibility index (Phi) is 7.41. The van der Waals surface area contributed by atoms with E-state index >= 15 is 0 Å². The number of imide groups is 1. The molecule has 10 heteroatoms. The van der Waals surface area contributed by atoms with Crippen molar-refractivity contribution in [1.29, 1.82) is 0 Å². The van der Waals surface area contributed by atoms with E-state index in [9.17, 15) is 31.5 Å². The third kappa shape index (κ3) is 5.35. The zero-order valence-corrected chi connectivity index (χ0v) is 17.9. The number of halogens is 6. The van der Waals surface area contributed by atoms with E-state index in [-0.39, 0.29) is 19.1 Å². The Morgan fingerprint density at radius 3 is 2.52 bits per heavy atom. The van der Waals surface area contributed by atoms with Gasteiger partial charge in [-0.3, -0.25) is 4.79 Å². The highest BCUT2D eigenvalue weighted by Crippen LogP contribution is 2.37. The Morgan fingerprint density at radius 2 is 1.91 bits per heavy atom. The van der Waals surface area contributed by atoms with Crippen molar-refractivity contribution in [2.24, 2.45) is 5.92 Å². The number of ether oxygens (including phenoxy) is 1. The molecule has 3 rings (SSSR count). The fourth-order valence-electron chi connectivity index (χ4n) is 3.71. The first-order chi connectivity index (χ1) is 15.5. The number of alkyl halides is 3. The van der Waals surface area contributed by atoms with Gasteiger partial charge in [0.1, 0.15) is 6.61 Å². The normalized spacial score (nSPS) is 17.1. The number of nitrogens with zero attached hydrogens (tertiary/aromatic N) is 1. The predicted octanol–water partition coefficient (Wildman–Crippen LogP) is 5.96. The van der Waals surface area contributed by atoms with Gasteiger partial charge in [-0.1, -0.05) is 48.0 Å². The average molecular weight is 488 g/mol. The molecular weight excluding hydrogens is 469 g/mol. The van der Waals surface area contributed by atoms with Gasteiger partial charge in [0.15, 0.2) is 11.6 Å². The van der Waals surface area contributed by atoms with E-state index in [2.05, 4.69) is 6.58 Å². The van der Waals surface area contributed by atoms with Crippen LogP contribution in [0.3, 0.4) is 0 Å². The van der Waals surface area contributed by atoms with Crippen molar-refractivity contribution in [2.75, 3.05) is 6.61 Å². The summed E-state index contributed by atoms with van der Waals surface area (Å²) in [5.74, 6) is -5.76. The molecule has 0 spiro atoms. The number of allylic oxidation sites excluding steroid dienone is 1. The second kappa shape index (κ2) is 9.91. The van der Waals surface area contributed by atoms with Crippen LogP contribution in [-0.2, 0) is 28.5 Å². The Labute approximate surface area is 191 Å². The molecule has 2 atom stereocenters. The zero-order chi connectivity index (χ0) is 24.3. The van der Waals surface area contributed by atoms with E-state index in [1.165, 1.54) is 6.08 Å². The molecule has 0 N–H and O–H groups in total. The molecule has 0 aliphatic carbocycles. The van der Waals surface area contributed by atoms with Crippen molar-refractivity contribution in [3.05, 3.63) is 82.4 Å². The molecule has 2 amide bonds. The fourth-order valence-corrected chi connectivity index (χ4v) is 3.98. The number of carbonyl (C=O) groups is 2. The number of amides is 2. The van der Waals surface area contributed by atoms with Crippen molar-refractivity contribution < 1.29 is 36.3 Å². The maximum absolute atomic E-state index is 14.5. The molecule has 0 bridgehead atoms. The van der Waals surface area contributed by atoms with Crippen LogP contribution in [0.1, 0.15) is 23.1 Å². The van der Waals surface area contributed by atoms with E-state index in [0.717, 1.165) is 10.5 Å². The van der Waals surface area contributed by atoms with E-state index in [0.29, 0.717) is 6.42 Å². The number of cyclic esters (lactones) is 1. The lowest BCUT2D eigenvalue weighted by molar-refractivity contribution is -0.140. The van der Waals surface area contributed by atoms with E-state index in [1.807, 2.05) is 18.2 Å². The number of rotatable bonds is 7. The first-order valence-corrected chi connectivity index (χ1v) is 10.3. The first-order valence-electron chi connectivity index (χ1n) is 9.92. The van der Waals surface area contributed by atoms with Gasteiger partial charge in [-0.15, -0.1) is 6.58 Å². The van der Waals surface area contributed by atoms with Crippen LogP contribution < -0.4 is 0 Å². The minimum atomic E-state index is -5.15. The largest absolute Gasteiger partial charge is 0.447 e. The van der Waals surface area contributed by atoms with Crippen molar-refractivity contribution in [2.45, 2.75) is 31.5 Å². The molecule has 1 heterocycles. The fraction of sp³-hybridized carbons (Fsp3) is 0.304. The molecule has 33 heavy (non-hydrogen) atoms. The topological polar surface area (TPSA) is 46.6 Å². The maximum atomic E-state index is 14.5. The van der Waals surface area contributed by atoms with Crippen LogP contribution in [0, 0.1) is 17.6 Å². The lowest BCUT2D eigenvalue weighted by Crippen LogP contribution is -2.44. The second-order valence-corrected chi connectivity index (χ2v) is 7.97. The molecule has 176 valence electrons. The van der Waals surface area contributed by atoms with Crippen LogP contribution in [0.25, 0.3) is 0 Å². The highest BCUT2D eigenvalue weighted by molar-refractivity contribution is 6.31. The summed E-state index contributed by atoms with van der Waals surface area (Å²) in [5, 5.41) is -0.673. The van der Waals surface area contributed by atoms with E-state index < -0.39 is 64.3 Å². The molecule has 2 aromatic carbocycles. The number of carbonyl (C=O) groups excluding carboxylic acids is 2. The van der Waals surface area contributed by atoms with Crippen LogP contribution in [0.15, 0.2) is 49.1 Å². The number of benzene rings is 2. The monoisotopic (exact) mass is 487 g/mol. The van der Waals surface area contributed by atoms with Crippen LogP contribution in [0.5, 0.6) is 0 Å². The van der Waals surface area contributed by atoms with Gasteiger partial charge < -0.3 is 4.74 Å². The molecule has 1 saturated heterocycles. The molecule has 4 nitrogen and oxygen atoms in total. The highest BCUT2D eigenvalue weighted by Gasteiger charge is 2.42. The Balaban J connectivity index is 1.89. The van der Waals surface area contributed by atoms with Crippen molar-refractivity contribution in [3.63, 3.8) is 0 Å². The summed E-state index contributed by atoms with van der Waals surface area (Å²) in [6, 6.07) is 8.67. The SMILES string of the molecule is C=CCC(Cc1c(Cl)cc(C(F)(F)F)c(F)c1F)C(=O)N1C(=O)OCC1Cc1ccccc1. The number of hydrogen-bond acceptors (Lipinski definition) is 3. The molecule has 2 aromatic rings. The lowest BCUT2D eigenvalue weighted by Gasteiger charge is -2.25. The summed E-state index contributed by atoms with van der Waals surface area (Å²) in [4.78, 5) is 26.4. The van der Waals surface area contributed by atoms with Gasteiger partial charge in [0, 0.05) is 16.5 Å². The van der Waals surface area contributed by atoms with Crippen molar-refractivity contribution in [1.82, 2.24) is 4.90 Å². The van der Waals surface area contributed by atoms with Gasteiger partial charge in [0.2, 0.25) is 5.91 Å². The standard InChI is InChI=1S/C23H19ClF5NO3/c1-2-6-14(10-16-18(24)11-17(23(27,28)29)20(26)19(16)25)21(31)30-15(12-33-22(30)32)9-13-7-4-3-5-8-13/h2-5,7-8,11,14-15H,1,6,9-10,12H2. The average Bonchev–Trinajstić information content (AvgIpc) is 3.12. The van der Waals surface area contributed by atoms with Crippen LogP contribution in [0.4, 0.5) is 26.7 Å². The molecule has 1 fully saturated rings. The molecular formula is C23H19ClF5NO3. The molecule has 2 unspecified atom stereocenters. The smallest absolute Gasteiger partial charge is 0.419 e. The van der Waals surface area contributed by atoms with Gasteiger partial charge >= 0.3 is 12.3 Å². The molecule has 0 saturated carbocycles. The summed E-state index contributed by atoms with van der Waals surface area (Å²) in [5.41, 5.74) is -1.58. The van der Waals surface area contributed by atoms with Crippen molar-refractivity contribution in [3.8, 4) is 0 Å². The van der Waals surface area contributed by atoms with Gasteiger partial charge in [-0.25, -0.2) is 18.5 Å². The molecule has 1 aliphatic heterocycles. The highest BCUT2D eigenvalue weighted by atomic mass is 35.5. The minimum absolute atomic E-state index is 0.0513. The summed E-state index contributed by atoms with van der Waals surface area (Å²) in [7, 11) is 0. The third-order valence-corrected chi connectivity index (χ3v) is 5.66. The Hall–Kier alpha value is -2.94. The van der Waals surface area contributed by atoms with E-state index in [4.69, 9.17) is 16.3 Å². The molecule has 0 aromatic heterocycles. The predicted molar refractivity (Wildman–Crippen MR) is 111 cm³/mol. The summed E-state index contributed by atoms with van der Waals surface area (Å²) in [6.45, 7) is 3.48. The van der Waals surface area contributed by atoms with Crippen LogP contribution in [-0.4, -0.2) is 29.5 Å². The van der Waals surface area contributed by atoms with E-state index in [1.54, 1.807) is 12.1 Å². The summed E-state index contributed by atoms with van der Waals surface area (Å²) >= 11 is 5.84. The second-order valence-electron chi connectivity index (χ2n) is 7.56. The Morgan fingerprint density at radius 1 is 1.24 bits per heavy atom. The van der Waals surface area contributed by atoms with Crippen molar-refractivity contribution >= 4 is 23.6 Å². The first kappa shape index (κ1) is 24.7. The number of hydrogen-bond donors (Lipinski definition) is 0. The minimum Gasteiger partial charge on any atom is -0.447 e. The lowest BCUT2D eigenvalue weighted by atomic mass is 9.92. The van der Waals surface area contributed by atoms with Gasteiger partial charge in [0.05, 0.1) is 11.6 Å². The quantitative estimate of drug-likeness (QED) is 0.275. The third-order valence-electron chi connectivity index (χ3n) is 5.32. The van der Waals surface area contributed by atoms with Crippen LogP contribution in [0.2, 0.25) is 5.02 Å². The Bertz CT molecular complexity index is 1060.